The summed E-state index contributed by atoms with van der Waals surface area (Å²) in [5, 5.41) is 0. The number of carbonyl (C=O) groups is 2. The Bertz CT molecular complexity index is 1140. The molecule has 1 aromatic carbocycles. The number of benzene rings is 1. The summed E-state index contributed by atoms with van der Waals surface area (Å²) < 4.78 is 5.46. The fourth-order valence-electron chi connectivity index (χ4n) is 8.49. The summed E-state index contributed by atoms with van der Waals surface area (Å²) in [6.45, 7) is 6.71. The van der Waals surface area contributed by atoms with Crippen molar-refractivity contribution >= 4 is 17.3 Å². The molecule has 172 valence electrons. The van der Waals surface area contributed by atoms with Crippen LogP contribution in [-0.4, -0.2) is 11.8 Å². The van der Waals surface area contributed by atoms with Gasteiger partial charge in [0.2, 0.25) is 0 Å². The van der Waals surface area contributed by atoms with Crippen LogP contribution in [0.1, 0.15) is 71.3 Å². The van der Waals surface area contributed by atoms with Crippen LogP contribution in [0.3, 0.4) is 0 Å². The number of fused-ring (bicyclic) bond motifs is 6. The molecule has 4 aliphatic carbocycles. The molecular weight excluding hydrogens is 408 g/mol. The monoisotopic (exact) mass is 442 g/mol. The standard InChI is InChI=1S/C30H34O3/c1-18(31)24-10-11-25-22-9-8-20-16-19(12-14-29(20,2)26(22)13-15-30(24,25)3)17-23-21-6-4-5-7-27(21)33-28(23)32/h4-8,16-17,22,24-26H,9-15H2,1-3H3/b23-17-/t22-,24+,25-,26-,29-,30+/m0/s1. The molecule has 0 spiro atoms. The molecule has 1 heterocycles. The molecule has 5 aliphatic rings. The summed E-state index contributed by atoms with van der Waals surface area (Å²) in [5.74, 6) is 3.17. The van der Waals surface area contributed by atoms with Gasteiger partial charge in [-0.2, -0.15) is 0 Å². The van der Waals surface area contributed by atoms with Crippen molar-refractivity contribution in [1.82, 2.24) is 0 Å². The van der Waals surface area contributed by atoms with E-state index in [-0.39, 0.29) is 22.7 Å². The summed E-state index contributed by atoms with van der Waals surface area (Å²) in [7, 11) is 0. The highest BCUT2D eigenvalue weighted by Crippen LogP contribution is 2.66. The van der Waals surface area contributed by atoms with E-state index in [1.54, 1.807) is 0 Å². The zero-order valence-corrected chi connectivity index (χ0v) is 20.0. The Kier molecular flexibility index (Phi) is 4.67. The molecule has 2 saturated carbocycles. The van der Waals surface area contributed by atoms with E-state index in [0.29, 0.717) is 34.9 Å². The van der Waals surface area contributed by atoms with Gasteiger partial charge in [-0.1, -0.05) is 44.2 Å². The summed E-state index contributed by atoms with van der Waals surface area (Å²) in [6, 6.07) is 7.70. The van der Waals surface area contributed by atoms with Crippen LogP contribution in [0.4, 0.5) is 0 Å². The third-order valence-electron chi connectivity index (χ3n) is 10.2. The first-order valence-corrected chi connectivity index (χ1v) is 12.8. The maximum atomic E-state index is 12.5. The number of carbonyl (C=O) groups excluding carboxylic acids is 2. The van der Waals surface area contributed by atoms with Crippen LogP contribution in [0.25, 0.3) is 5.57 Å². The number of ether oxygens (including phenoxy) is 1. The highest BCUT2D eigenvalue weighted by molar-refractivity contribution is 6.21. The zero-order chi connectivity index (χ0) is 23.0. The smallest absolute Gasteiger partial charge is 0.344 e. The van der Waals surface area contributed by atoms with Crippen LogP contribution in [0.2, 0.25) is 0 Å². The molecule has 6 atom stereocenters. The lowest BCUT2D eigenvalue weighted by Gasteiger charge is -2.57. The lowest BCUT2D eigenvalue weighted by Crippen LogP contribution is -2.49. The van der Waals surface area contributed by atoms with E-state index in [1.165, 1.54) is 30.4 Å². The molecule has 0 saturated heterocycles. The Morgan fingerprint density at radius 1 is 1.09 bits per heavy atom. The number of rotatable bonds is 2. The first-order chi connectivity index (χ1) is 15.8. The predicted octanol–water partition coefficient (Wildman–Crippen LogP) is 6.69. The van der Waals surface area contributed by atoms with Gasteiger partial charge in [0.1, 0.15) is 11.5 Å². The molecule has 0 N–H and O–H groups in total. The zero-order valence-electron chi connectivity index (χ0n) is 20.0. The molecule has 0 radical (unpaired) electrons. The van der Waals surface area contributed by atoms with Crippen molar-refractivity contribution in [3.8, 4) is 5.75 Å². The molecule has 2 fully saturated rings. The van der Waals surface area contributed by atoms with E-state index in [1.807, 2.05) is 31.2 Å². The van der Waals surface area contributed by atoms with Crippen molar-refractivity contribution in [3.05, 3.63) is 59.2 Å². The van der Waals surface area contributed by atoms with Crippen LogP contribution >= 0.6 is 0 Å². The second-order valence-corrected chi connectivity index (χ2v) is 11.6. The van der Waals surface area contributed by atoms with Crippen LogP contribution in [0, 0.1) is 34.5 Å². The molecule has 1 aromatic rings. The Balaban J connectivity index is 1.31. The van der Waals surface area contributed by atoms with Crippen molar-refractivity contribution in [1.29, 1.82) is 0 Å². The van der Waals surface area contributed by atoms with Gasteiger partial charge >= 0.3 is 5.97 Å². The average molecular weight is 443 g/mol. The molecule has 0 amide bonds. The number of esters is 1. The van der Waals surface area contributed by atoms with Gasteiger partial charge in [0, 0.05) is 11.5 Å². The quantitative estimate of drug-likeness (QED) is 0.291. The molecule has 0 aromatic heterocycles. The van der Waals surface area contributed by atoms with Crippen LogP contribution in [0.15, 0.2) is 53.6 Å². The predicted molar refractivity (Wildman–Crippen MR) is 129 cm³/mol. The fourth-order valence-corrected chi connectivity index (χ4v) is 8.49. The topological polar surface area (TPSA) is 43.4 Å². The number of allylic oxidation sites excluding steroid dienone is 5. The maximum Gasteiger partial charge on any atom is 0.344 e. The van der Waals surface area contributed by atoms with Gasteiger partial charge in [-0.3, -0.25) is 4.79 Å². The summed E-state index contributed by atoms with van der Waals surface area (Å²) in [4.78, 5) is 24.9. The first kappa shape index (κ1) is 21.1. The van der Waals surface area contributed by atoms with E-state index >= 15 is 0 Å². The van der Waals surface area contributed by atoms with Crippen LogP contribution in [-0.2, 0) is 9.59 Å². The van der Waals surface area contributed by atoms with Crippen molar-refractivity contribution < 1.29 is 14.3 Å². The van der Waals surface area contributed by atoms with Crippen molar-refractivity contribution in [2.45, 2.75) is 65.7 Å². The molecule has 1 aliphatic heterocycles. The molecule has 3 nitrogen and oxygen atoms in total. The van der Waals surface area contributed by atoms with Gasteiger partial charge < -0.3 is 4.74 Å². The van der Waals surface area contributed by atoms with E-state index in [4.69, 9.17) is 4.74 Å². The molecule has 0 unspecified atom stereocenters. The van der Waals surface area contributed by atoms with Gasteiger partial charge in [0.25, 0.3) is 0 Å². The van der Waals surface area contributed by atoms with E-state index in [2.05, 4.69) is 32.1 Å². The summed E-state index contributed by atoms with van der Waals surface area (Å²) in [6.07, 6.45) is 14.9. The summed E-state index contributed by atoms with van der Waals surface area (Å²) >= 11 is 0. The van der Waals surface area contributed by atoms with Crippen molar-refractivity contribution in [2.24, 2.45) is 34.5 Å². The van der Waals surface area contributed by atoms with Gasteiger partial charge in [0.05, 0.1) is 5.57 Å². The van der Waals surface area contributed by atoms with E-state index < -0.39 is 0 Å². The maximum absolute atomic E-state index is 12.5. The van der Waals surface area contributed by atoms with Crippen LogP contribution < -0.4 is 4.74 Å². The Morgan fingerprint density at radius 2 is 1.91 bits per heavy atom. The minimum absolute atomic E-state index is 0.199. The van der Waals surface area contributed by atoms with Gasteiger partial charge in [-0.05, 0) is 104 Å². The molecule has 6 rings (SSSR count). The molecule has 33 heavy (non-hydrogen) atoms. The number of hydrogen-bond donors (Lipinski definition) is 0. The Morgan fingerprint density at radius 3 is 2.73 bits per heavy atom. The Hall–Kier alpha value is -2.42. The van der Waals surface area contributed by atoms with Gasteiger partial charge in [-0.15, -0.1) is 0 Å². The second kappa shape index (κ2) is 7.29. The second-order valence-electron chi connectivity index (χ2n) is 11.6. The number of para-hydroxylation sites is 1. The van der Waals surface area contributed by atoms with Crippen LogP contribution in [0.5, 0.6) is 5.75 Å². The van der Waals surface area contributed by atoms with Crippen molar-refractivity contribution in [2.75, 3.05) is 0 Å². The lowest BCUT2D eigenvalue weighted by atomic mass is 9.47. The molecular formula is C30H34O3. The fraction of sp³-hybridized carbons (Fsp3) is 0.533. The summed E-state index contributed by atoms with van der Waals surface area (Å²) in [5.41, 5.74) is 4.69. The third-order valence-corrected chi connectivity index (χ3v) is 10.2. The largest absolute Gasteiger partial charge is 0.422 e. The number of hydrogen-bond acceptors (Lipinski definition) is 3. The molecule has 3 heteroatoms. The highest BCUT2D eigenvalue weighted by Gasteiger charge is 2.58. The first-order valence-electron chi connectivity index (χ1n) is 12.8. The molecule has 0 bridgehead atoms. The van der Waals surface area contributed by atoms with Crippen molar-refractivity contribution in [3.63, 3.8) is 0 Å². The lowest BCUT2D eigenvalue weighted by molar-refractivity contribution is -0.127. The normalized spacial score (nSPS) is 40.2. The van der Waals surface area contributed by atoms with Gasteiger partial charge in [-0.25, -0.2) is 4.79 Å². The third kappa shape index (κ3) is 3.00. The Labute approximate surface area is 197 Å². The van der Waals surface area contributed by atoms with E-state index in [9.17, 15) is 9.59 Å². The number of ketones is 1. The highest BCUT2D eigenvalue weighted by atomic mass is 16.5. The minimum atomic E-state index is -0.240. The minimum Gasteiger partial charge on any atom is -0.422 e. The SMILES string of the molecule is CC(=O)[C@H]1CC[C@H]2[C@@H]3CC=C4C=C(/C=C5\C(=O)Oc6ccccc65)CC[C@]4(C)[C@H]3CC[C@]12C. The average Bonchev–Trinajstić information content (AvgIpc) is 3.30. The number of Topliss-reactive ketones (excluding diaryl/α,β-unsaturated/α-hetero) is 1. The van der Waals surface area contributed by atoms with Gasteiger partial charge in [0.15, 0.2) is 0 Å². The van der Waals surface area contributed by atoms with E-state index in [0.717, 1.165) is 31.2 Å².